The fraction of sp³-hybridized carbons (Fsp3) is 0.400. The lowest BCUT2D eigenvalue weighted by Gasteiger charge is -2.34. The van der Waals surface area contributed by atoms with E-state index in [2.05, 4.69) is 29.8 Å². The van der Waals surface area contributed by atoms with E-state index in [0.29, 0.717) is 29.3 Å². The van der Waals surface area contributed by atoms with E-state index in [-0.39, 0.29) is 0 Å². The lowest BCUT2D eigenvalue weighted by atomic mass is 9.92. The maximum atomic E-state index is 9.41. The van der Waals surface area contributed by atoms with Crippen LogP contribution in [0.5, 0.6) is 5.75 Å². The molecule has 1 aromatic heterocycles. The molecule has 0 amide bonds. The number of aromatic nitrogens is 1. The molecule has 2 aromatic rings. The number of piperidine rings is 1. The predicted octanol–water partition coefficient (Wildman–Crippen LogP) is 4.21. The van der Waals surface area contributed by atoms with Crippen molar-refractivity contribution in [1.82, 2.24) is 4.98 Å². The van der Waals surface area contributed by atoms with Gasteiger partial charge in [-0.15, -0.1) is 0 Å². The number of hydrogen-bond donors (Lipinski definition) is 0. The highest BCUT2D eigenvalue weighted by Gasteiger charge is 2.27. The van der Waals surface area contributed by atoms with Crippen molar-refractivity contribution in [1.29, 1.82) is 5.26 Å². The molecule has 1 fully saturated rings. The molecule has 1 aliphatic rings. The maximum Gasteiger partial charge on any atom is 0.235 e. The second kappa shape index (κ2) is 7.43. The summed E-state index contributed by atoms with van der Waals surface area (Å²) < 4.78 is 11.1. The highest BCUT2D eigenvalue weighted by molar-refractivity contribution is 5.68. The van der Waals surface area contributed by atoms with Gasteiger partial charge in [-0.1, -0.05) is 26.0 Å². The molecule has 130 valence electrons. The van der Waals surface area contributed by atoms with Gasteiger partial charge >= 0.3 is 0 Å². The van der Waals surface area contributed by atoms with Crippen LogP contribution < -0.4 is 9.64 Å². The molecule has 0 N–H and O–H groups in total. The number of rotatable bonds is 4. The largest absolute Gasteiger partial charge is 0.497 e. The van der Waals surface area contributed by atoms with Crippen molar-refractivity contribution in [3.05, 3.63) is 41.4 Å². The number of ether oxygens (including phenoxy) is 1. The van der Waals surface area contributed by atoms with E-state index in [1.54, 1.807) is 13.2 Å². The number of nitrogens with zero attached hydrogens (tertiary/aromatic N) is 3. The first-order chi connectivity index (χ1) is 12.1. The molecular weight excluding hydrogens is 314 g/mol. The summed E-state index contributed by atoms with van der Waals surface area (Å²) in [6, 6.07) is 9.89. The molecule has 2 heterocycles. The number of benzene rings is 1. The Morgan fingerprint density at radius 3 is 2.72 bits per heavy atom. The van der Waals surface area contributed by atoms with Gasteiger partial charge in [-0.05, 0) is 42.0 Å². The van der Waals surface area contributed by atoms with Gasteiger partial charge in [0.05, 0.1) is 7.11 Å². The summed E-state index contributed by atoms with van der Waals surface area (Å²) in [5.41, 5.74) is 1.34. The van der Waals surface area contributed by atoms with Crippen molar-refractivity contribution in [2.45, 2.75) is 20.3 Å². The highest BCUT2D eigenvalue weighted by atomic mass is 16.5. The normalized spacial score (nSPS) is 20.6. The Bertz CT molecular complexity index is 794. The van der Waals surface area contributed by atoms with Crippen molar-refractivity contribution in [2.24, 2.45) is 11.8 Å². The van der Waals surface area contributed by atoms with Gasteiger partial charge in [0, 0.05) is 19.2 Å². The van der Waals surface area contributed by atoms with Gasteiger partial charge in [0.25, 0.3) is 0 Å². The smallest absolute Gasteiger partial charge is 0.235 e. The van der Waals surface area contributed by atoms with Gasteiger partial charge in [0.1, 0.15) is 11.8 Å². The molecule has 5 heteroatoms. The molecule has 5 nitrogen and oxygen atoms in total. The summed E-state index contributed by atoms with van der Waals surface area (Å²) in [6.45, 7) is 6.25. The van der Waals surface area contributed by atoms with E-state index in [1.807, 2.05) is 30.3 Å². The second-order valence-corrected chi connectivity index (χ2v) is 6.78. The van der Waals surface area contributed by atoms with Crippen molar-refractivity contribution in [2.75, 3.05) is 25.1 Å². The number of anilines is 1. The fourth-order valence-corrected chi connectivity index (χ4v) is 3.43. The molecule has 0 radical (unpaired) electrons. The summed E-state index contributed by atoms with van der Waals surface area (Å²) in [4.78, 5) is 6.47. The summed E-state index contributed by atoms with van der Waals surface area (Å²) >= 11 is 0. The van der Waals surface area contributed by atoms with E-state index in [9.17, 15) is 5.26 Å². The van der Waals surface area contributed by atoms with E-state index in [4.69, 9.17) is 9.15 Å². The number of nitriles is 1. The number of hydrogen-bond acceptors (Lipinski definition) is 5. The molecule has 1 aliphatic heterocycles. The van der Waals surface area contributed by atoms with Crippen LogP contribution in [0.25, 0.3) is 12.2 Å². The first-order valence-corrected chi connectivity index (χ1v) is 8.57. The molecule has 0 unspecified atom stereocenters. The Morgan fingerprint density at radius 1 is 1.28 bits per heavy atom. The van der Waals surface area contributed by atoms with Gasteiger partial charge in [0.2, 0.25) is 17.5 Å². The molecule has 1 saturated heterocycles. The minimum Gasteiger partial charge on any atom is -0.497 e. The first kappa shape index (κ1) is 17.1. The van der Waals surface area contributed by atoms with Crippen LogP contribution in [-0.4, -0.2) is 25.2 Å². The quantitative estimate of drug-likeness (QED) is 0.836. The Kier molecular flexibility index (Phi) is 5.08. The van der Waals surface area contributed by atoms with E-state index in [1.165, 1.54) is 6.42 Å². The van der Waals surface area contributed by atoms with Crippen LogP contribution in [0.2, 0.25) is 0 Å². The standard InChI is InChI=1S/C20H23N3O2/c1-14-9-15(2)13-23(12-14)20-18(11-21)22-19(25-20)8-7-16-5-4-6-17(10-16)24-3/h4-8,10,14-15H,9,12-13H2,1-3H3/b8-7+/t14-,15+. The molecule has 0 spiro atoms. The Hall–Kier alpha value is -2.74. The zero-order valence-electron chi connectivity index (χ0n) is 14.9. The van der Waals surface area contributed by atoms with Crippen molar-refractivity contribution in [3.8, 4) is 11.8 Å². The van der Waals surface area contributed by atoms with E-state index >= 15 is 0 Å². The lowest BCUT2D eigenvalue weighted by molar-refractivity contribution is 0.342. The monoisotopic (exact) mass is 337 g/mol. The van der Waals surface area contributed by atoms with Crippen molar-refractivity contribution < 1.29 is 9.15 Å². The molecule has 0 aliphatic carbocycles. The van der Waals surface area contributed by atoms with Gasteiger partial charge in [-0.3, -0.25) is 0 Å². The highest BCUT2D eigenvalue weighted by Crippen LogP contribution is 2.30. The average molecular weight is 337 g/mol. The third-order valence-corrected chi connectivity index (χ3v) is 4.40. The summed E-state index contributed by atoms with van der Waals surface area (Å²) in [7, 11) is 1.64. The van der Waals surface area contributed by atoms with Gasteiger partial charge < -0.3 is 14.1 Å². The Labute approximate surface area is 148 Å². The van der Waals surface area contributed by atoms with Gasteiger partial charge in [0.15, 0.2) is 0 Å². The van der Waals surface area contributed by atoms with E-state index < -0.39 is 0 Å². The third kappa shape index (κ3) is 4.03. The van der Waals surface area contributed by atoms with Crippen LogP contribution in [0.4, 0.5) is 5.88 Å². The molecular formula is C20H23N3O2. The summed E-state index contributed by atoms with van der Waals surface area (Å²) in [5, 5.41) is 9.41. The molecule has 25 heavy (non-hydrogen) atoms. The molecule has 0 bridgehead atoms. The number of oxazole rings is 1. The molecule has 3 rings (SSSR count). The zero-order chi connectivity index (χ0) is 17.8. The average Bonchev–Trinajstić information content (AvgIpc) is 3.03. The van der Waals surface area contributed by atoms with E-state index in [0.717, 1.165) is 24.4 Å². The molecule has 1 aromatic carbocycles. The summed E-state index contributed by atoms with van der Waals surface area (Å²) in [6.07, 6.45) is 4.89. The number of methoxy groups -OCH3 is 1. The first-order valence-electron chi connectivity index (χ1n) is 8.57. The Balaban J connectivity index is 1.83. The third-order valence-electron chi connectivity index (χ3n) is 4.40. The Morgan fingerprint density at radius 2 is 2.04 bits per heavy atom. The van der Waals surface area contributed by atoms with Crippen molar-refractivity contribution in [3.63, 3.8) is 0 Å². The van der Waals surface area contributed by atoms with Crippen LogP contribution in [-0.2, 0) is 0 Å². The lowest BCUT2D eigenvalue weighted by Crippen LogP contribution is -2.38. The molecule has 2 atom stereocenters. The SMILES string of the molecule is COc1cccc(/C=C/c2nc(C#N)c(N3C[C@H](C)C[C@H](C)C3)o2)c1. The van der Waals surface area contributed by atoms with Crippen LogP contribution in [0.3, 0.4) is 0 Å². The fourth-order valence-electron chi connectivity index (χ4n) is 3.43. The second-order valence-electron chi connectivity index (χ2n) is 6.78. The maximum absolute atomic E-state index is 9.41. The van der Waals surface area contributed by atoms with Crippen LogP contribution in [0.1, 0.15) is 37.4 Å². The van der Waals surface area contributed by atoms with Crippen LogP contribution >= 0.6 is 0 Å². The summed E-state index contributed by atoms with van der Waals surface area (Å²) in [5.74, 6) is 2.99. The van der Waals surface area contributed by atoms with Gasteiger partial charge in [-0.25, -0.2) is 0 Å². The van der Waals surface area contributed by atoms with Crippen LogP contribution in [0, 0.1) is 23.2 Å². The minimum atomic E-state index is 0.353. The van der Waals surface area contributed by atoms with Crippen LogP contribution in [0.15, 0.2) is 28.7 Å². The van der Waals surface area contributed by atoms with Gasteiger partial charge in [-0.2, -0.15) is 10.2 Å². The molecule has 0 saturated carbocycles. The minimum absolute atomic E-state index is 0.353. The predicted molar refractivity (Wildman–Crippen MR) is 98.3 cm³/mol. The zero-order valence-corrected chi connectivity index (χ0v) is 14.9. The van der Waals surface area contributed by atoms with Crippen molar-refractivity contribution >= 4 is 18.0 Å². The topological polar surface area (TPSA) is 62.3 Å².